The molecule has 0 rings (SSSR count). The topological polar surface area (TPSA) is 46.6 Å². The molecule has 0 N–H and O–H groups in total. The highest BCUT2D eigenvalue weighted by Gasteiger charge is 2.31. The summed E-state index contributed by atoms with van der Waals surface area (Å²) in [5, 5.41) is 0. The van der Waals surface area contributed by atoms with Crippen LogP contribution in [0.3, 0.4) is 0 Å². The van der Waals surface area contributed by atoms with E-state index in [2.05, 4.69) is 0 Å². The van der Waals surface area contributed by atoms with Gasteiger partial charge >= 0.3 is 5.97 Å². The molecule has 0 saturated carbocycles. The van der Waals surface area contributed by atoms with Crippen LogP contribution in [0.4, 0.5) is 0 Å². The van der Waals surface area contributed by atoms with E-state index in [0.717, 1.165) is 12.8 Å². The molecular weight excluding hydrogens is 194 g/mol. The first kappa shape index (κ1) is 13.9. The average molecular weight is 215 g/mol. The lowest BCUT2D eigenvalue weighted by Gasteiger charge is -2.30. The molecular formula is C11H21NO3. The fraction of sp³-hybridized carbons (Fsp3) is 0.818. The average Bonchev–Trinajstić information content (AvgIpc) is 2.23. The number of carbonyl (C=O) groups excluding carboxylic acids is 2. The Kier molecular flexibility index (Phi) is 5.97. The van der Waals surface area contributed by atoms with Crippen LogP contribution >= 0.6 is 0 Å². The van der Waals surface area contributed by atoms with Gasteiger partial charge in [0.25, 0.3) is 0 Å². The third-order valence-corrected chi connectivity index (χ3v) is 2.85. The zero-order valence-electron chi connectivity index (χ0n) is 10.2. The summed E-state index contributed by atoms with van der Waals surface area (Å²) < 4.78 is 4.74. The van der Waals surface area contributed by atoms with Crippen LogP contribution in [-0.2, 0) is 14.3 Å². The van der Waals surface area contributed by atoms with Crippen molar-refractivity contribution in [3.05, 3.63) is 0 Å². The monoisotopic (exact) mass is 215 g/mol. The van der Waals surface area contributed by atoms with Gasteiger partial charge in [0.15, 0.2) is 0 Å². The Morgan fingerprint density at radius 3 is 2.00 bits per heavy atom. The molecule has 0 aromatic rings. The molecule has 4 nitrogen and oxygen atoms in total. The number of esters is 1. The maximum absolute atomic E-state index is 11.6. The lowest BCUT2D eigenvalue weighted by molar-refractivity contribution is -0.153. The molecule has 1 unspecified atom stereocenters. The van der Waals surface area contributed by atoms with Crippen molar-refractivity contribution in [3.8, 4) is 0 Å². The number of carbonyl (C=O) groups is 2. The Morgan fingerprint density at radius 2 is 1.73 bits per heavy atom. The third-order valence-electron chi connectivity index (χ3n) is 2.85. The first-order chi connectivity index (χ1) is 6.99. The van der Waals surface area contributed by atoms with Gasteiger partial charge in [-0.3, -0.25) is 4.79 Å². The van der Waals surface area contributed by atoms with Crippen LogP contribution in [-0.4, -0.2) is 37.0 Å². The Hall–Kier alpha value is -1.06. The summed E-state index contributed by atoms with van der Waals surface area (Å²) in [6.07, 6.45) is 1.71. The molecule has 0 aliphatic heterocycles. The first-order valence-electron chi connectivity index (χ1n) is 5.30. The smallest absolute Gasteiger partial charge is 0.328 e. The van der Waals surface area contributed by atoms with Gasteiger partial charge < -0.3 is 9.64 Å². The van der Waals surface area contributed by atoms with E-state index in [9.17, 15) is 9.59 Å². The second-order valence-corrected chi connectivity index (χ2v) is 3.67. The summed E-state index contributed by atoms with van der Waals surface area (Å²) in [4.78, 5) is 24.3. The quantitative estimate of drug-likeness (QED) is 0.652. The lowest BCUT2D eigenvalue weighted by atomic mass is 9.93. The Labute approximate surface area is 91.6 Å². The van der Waals surface area contributed by atoms with Crippen molar-refractivity contribution in [2.75, 3.05) is 14.2 Å². The van der Waals surface area contributed by atoms with Crippen LogP contribution in [0, 0.1) is 5.92 Å². The number of methoxy groups -OCH3 is 1. The van der Waals surface area contributed by atoms with Gasteiger partial charge in [0.1, 0.15) is 6.04 Å². The number of likely N-dealkylation sites (N-methyl/N-ethyl adjacent to an activating group) is 1. The van der Waals surface area contributed by atoms with Crippen molar-refractivity contribution in [1.82, 2.24) is 4.90 Å². The summed E-state index contributed by atoms with van der Waals surface area (Å²) >= 11 is 0. The molecule has 0 aliphatic rings. The molecule has 0 radical (unpaired) electrons. The summed E-state index contributed by atoms with van der Waals surface area (Å²) in [5.41, 5.74) is 0. The minimum absolute atomic E-state index is 0.114. The van der Waals surface area contributed by atoms with E-state index in [1.165, 1.54) is 18.9 Å². The predicted molar refractivity (Wildman–Crippen MR) is 58.3 cm³/mol. The van der Waals surface area contributed by atoms with Crippen LogP contribution in [0.2, 0.25) is 0 Å². The highest BCUT2D eigenvalue weighted by molar-refractivity contribution is 5.83. The van der Waals surface area contributed by atoms with E-state index in [-0.39, 0.29) is 17.8 Å². The number of ether oxygens (including phenoxy) is 1. The number of rotatable bonds is 5. The van der Waals surface area contributed by atoms with Gasteiger partial charge in [0.2, 0.25) is 5.91 Å². The molecule has 1 amide bonds. The van der Waals surface area contributed by atoms with Crippen molar-refractivity contribution < 1.29 is 14.3 Å². The van der Waals surface area contributed by atoms with Gasteiger partial charge in [-0.2, -0.15) is 0 Å². The number of hydrogen-bond acceptors (Lipinski definition) is 3. The summed E-state index contributed by atoms with van der Waals surface area (Å²) in [5.74, 6) is -0.287. The molecule has 0 saturated heterocycles. The zero-order chi connectivity index (χ0) is 12.0. The molecule has 0 spiro atoms. The van der Waals surface area contributed by atoms with Gasteiger partial charge in [-0.05, 0) is 5.92 Å². The normalized spacial score (nSPS) is 12.4. The van der Waals surface area contributed by atoms with Crippen LogP contribution in [0.25, 0.3) is 0 Å². The molecule has 0 bridgehead atoms. The molecule has 1 atom stereocenters. The fourth-order valence-electron chi connectivity index (χ4n) is 1.72. The molecule has 88 valence electrons. The molecule has 15 heavy (non-hydrogen) atoms. The van der Waals surface area contributed by atoms with Crippen molar-refractivity contribution >= 4 is 11.9 Å². The second kappa shape index (κ2) is 6.43. The SMILES string of the molecule is CCC(CC)C(C(=O)OC)N(C)C(C)=O. The van der Waals surface area contributed by atoms with Gasteiger partial charge in [-0.25, -0.2) is 4.79 Å². The molecule has 4 heteroatoms. The second-order valence-electron chi connectivity index (χ2n) is 3.67. The maximum atomic E-state index is 11.6. The highest BCUT2D eigenvalue weighted by Crippen LogP contribution is 2.19. The number of amides is 1. The molecule has 0 aromatic carbocycles. The highest BCUT2D eigenvalue weighted by atomic mass is 16.5. The minimum atomic E-state index is -0.456. The van der Waals surface area contributed by atoms with Crippen molar-refractivity contribution in [3.63, 3.8) is 0 Å². The fourth-order valence-corrected chi connectivity index (χ4v) is 1.72. The van der Waals surface area contributed by atoms with E-state index in [1.54, 1.807) is 7.05 Å². The number of hydrogen-bond donors (Lipinski definition) is 0. The van der Waals surface area contributed by atoms with E-state index in [4.69, 9.17) is 4.74 Å². The predicted octanol–water partition coefficient (Wildman–Crippen LogP) is 1.44. The van der Waals surface area contributed by atoms with Gasteiger partial charge in [0, 0.05) is 14.0 Å². The molecule has 0 heterocycles. The largest absolute Gasteiger partial charge is 0.467 e. The first-order valence-corrected chi connectivity index (χ1v) is 5.30. The summed E-state index contributed by atoms with van der Waals surface area (Å²) in [7, 11) is 2.99. The van der Waals surface area contributed by atoms with Crippen molar-refractivity contribution in [2.24, 2.45) is 5.92 Å². The van der Waals surface area contributed by atoms with E-state index in [1.807, 2.05) is 13.8 Å². The zero-order valence-corrected chi connectivity index (χ0v) is 10.2. The lowest BCUT2D eigenvalue weighted by Crippen LogP contribution is -2.46. The Bertz CT molecular complexity index is 224. The third kappa shape index (κ3) is 3.53. The van der Waals surface area contributed by atoms with Crippen LogP contribution < -0.4 is 0 Å². The molecule has 0 aromatic heterocycles. The van der Waals surface area contributed by atoms with Gasteiger partial charge in [-0.1, -0.05) is 26.7 Å². The molecule has 0 aliphatic carbocycles. The van der Waals surface area contributed by atoms with Gasteiger partial charge in [-0.15, -0.1) is 0 Å². The van der Waals surface area contributed by atoms with Crippen LogP contribution in [0.5, 0.6) is 0 Å². The summed E-state index contributed by atoms with van der Waals surface area (Å²) in [6.45, 7) is 5.48. The van der Waals surface area contributed by atoms with Crippen molar-refractivity contribution in [2.45, 2.75) is 39.7 Å². The van der Waals surface area contributed by atoms with E-state index in [0.29, 0.717) is 0 Å². The molecule has 0 fully saturated rings. The van der Waals surface area contributed by atoms with E-state index < -0.39 is 6.04 Å². The maximum Gasteiger partial charge on any atom is 0.328 e. The van der Waals surface area contributed by atoms with Crippen LogP contribution in [0.1, 0.15) is 33.6 Å². The van der Waals surface area contributed by atoms with Crippen molar-refractivity contribution in [1.29, 1.82) is 0 Å². The van der Waals surface area contributed by atoms with Gasteiger partial charge in [0.05, 0.1) is 7.11 Å². The van der Waals surface area contributed by atoms with Crippen LogP contribution in [0.15, 0.2) is 0 Å². The van der Waals surface area contributed by atoms with E-state index >= 15 is 0 Å². The standard InChI is InChI=1S/C11H21NO3/c1-6-9(7-2)10(11(14)15-5)12(4)8(3)13/h9-10H,6-7H2,1-5H3. The minimum Gasteiger partial charge on any atom is -0.467 e. The Balaban J connectivity index is 4.86. The number of nitrogens with zero attached hydrogens (tertiary/aromatic N) is 1. The summed E-state index contributed by atoms with van der Waals surface area (Å²) in [6, 6.07) is -0.456. The Morgan fingerprint density at radius 1 is 1.27 bits per heavy atom.